The molecule has 8 heteroatoms. The van der Waals surface area contributed by atoms with Gasteiger partial charge in [0.2, 0.25) is 0 Å². The Balaban J connectivity index is 2.19. The summed E-state index contributed by atoms with van der Waals surface area (Å²) in [6, 6.07) is 5.71. The van der Waals surface area contributed by atoms with Crippen molar-refractivity contribution in [2.24, 2.45) is 5.73 Å². The molecule has 1 heterocycles. The molecule has 1 aromatic heterocycles. The maximum Gasteiger partial charge on any atom is 0.282 e. The first-order chi connectivity index (χ1) is 10.1. The zero-order valence-corrected chi connectivity index (χ0v) is 11.5. The Morgan fingerprint density at radius 3 is 2.95 bits per heavy atom. The van der Waals surface area contributed by atoms with Crippen molar-refractivity contribution in [1.82, 2.24) is 4.98 Å². The van der Waals surface area contributed by atoms with Gasteiger partial charge in [0.1, 0.15) is 5.56 Å². The van der Waals surface area contributed by atoms with Crippen LogP contribution in [-0.4, -0.2) is 22.4 Å². The molecule has 0 atom stereocenters. The van der Waals surface area contributed by atoms with Gasteiger partial charge in [0.05, 0.1) is 22.5 Å². The summed E-state index contributed by atoms with van der Waals surface area (Å²) in [5.74, 6) is 4.87. The molecule has 0 unspecified atom stereocenters. The second-order valence-corrected chi connectivity index (χ2v) is 4.79. The number of nitrogens with zero attached hydrogens (tertiary/aromatic N) is 2. The smallest absolute Gasteiger partial charge is 0.282 e. The summed E-state index contributed by atoms with van der Waals surface area (Å²) < 4.78 is 0. The van der Waals surface area contributed by atoms with E-state index in [4.69, 9.17) is 5.73 Å². The number of rotatable bonds is 3. The number of amides is 1. The lowest BCUT2D eigenvalue weighted by Gasteiger charge is -2.02. The van der Waals surface area contributed by atoms with Gasteiger partial charge in [-0.05, 0) is 6.07 Å². The highest BCUT2D eigenvalue weighted by Gasteiger charge is 2.19. The number of carbonyl (C=O) groups is 1. The van der Waals surface area contributed by atoms with E-state index >= 15 is 0 Å². The summed E-state index contributed by atoms with van der Waals surface area (Å²) in [5, 5.41) is 13.7. The molecule has 0 bridgehead atoms. The molecule has 0 aliphatic rings. The second kappa shape index (κ2) is 6.60. The fourth-order valence-corrected chi connectivity index (χ4v) is 2.20. The van der Waals surface area contributed by atoms with Crippen LogP contribution in [0.5, 0.6) is 0 Å². The summed E-state index contributed by atoms with van der Waals surface area (Å²) in [5.41, 5.74) is 4.99. The first kappa shape index (κ1) is 14.6. The normalized spacial score (nSPS) is 9.57. The molecule has 3 N–H and O–H groups in total. The Kier molecular flexibility index (Phi) is 4.61. The van der Waals surface area contributed by atoms with E-state index in [1.807, 2.05) is 0 Å². The van der Waals surface area contributed by atoms with E-state index in [1.54, 1.807) is 6.07 Å². The first-order valence-corrected chi connectivity index (χ1v) is 6.63. The van der Waals surface area contributed by atoms with E-state index in [1.165, 1.54) is 35.7 Å². The highest BCUT2D eigenvalue weighted by Crippen LogP contribution is 2.21. The van der Waals surface area contributed by atoms with Crippen LogP contribution in [0.2, 0.25) is 0 Å². The SMILES string of the molecule is NCC#Cc1cnc(NC(=O)c2ccccc2[N+](=O)[O-])s1. The van der Waals surface area contributed by atoms with Crippen molar-refractivity contribution in [3.05, 3.63) is 51.0 Å². The highest BCUT2D eigenvalue weighted by atomic mass is 32.1. The molecule has 1 amide bonds. The largest absolute Gasteiger partial charge is 0.320 e. The van der Waals surface area contributed by atoms with Crippen LogP contribution in [0, 0.1) is 22.0 Å². The Morgan fingerprint density at radius 1 is 1.48 bits per heavy atom. The number of benzene rings is 1. The Hall–Kier alpha value is -2.76. The van der Waals surface area contributed by atoms with Gasteiger partial charge in [0.25, 0.3) is 11.6 Å². The van der Waals surface area contributed by atoms with Crippen LogP contribution in [0.3, 0.4) is 0 Å². The van der Waals surface area contributed by atoms with Gasteiger partial charge in [-0.3, -0.25) is 20.2 Å². The van der Waals surface area contributed by atoms with Crippen molar-refractivity contribution in [2.75, 3.05) is 11.9 Å². The number of nitro benzene ring substituents is 1. The number of nitrogens with one attached hydrogen (secondary N) is 1. The summed E-state index contributed by atoms with van der Waals surface area (Å²) in [6.45, 7) is 0.232. The van der Waals surface area contributed by atoms with Gasteiger partial charge >= 0.3 is 0 Å². The van der Waals surface area contributed by atoms with E-state index in [9.17, 15) is 14.9 Å². The number of nitrogens with two attached hydrogens (primary N) is 1. The molecule has 0 fully saturated rings. The summed E-state index contributed by atoms with van der Waals surface area (Å²) in [4.78, 5) is 27.0. The number of para-hydroxylation sites is 1. The van der Waals surface area contributed by atoms with Gasteiger partial charge in [0, 0.05) is 6.07 Å². The second-order valence-electron chi connectivity index (χ2n) is 3.76. The molecule has 21 heavy (non-hydrogen) atoms. The van der Waals surface area contributed by atoms with Crippen molar-refractivity contribution in [3.63, 3.8) is 0 Å². The molecule has 0 aliphatic heterocycles. The van der Waals surface area contributed by atoms with Gasteiger partial charge in [-0.15, -0.1) is 0 Å². The molecule has 2 rings (SSSR count). The van der Waals surface area contributed by atoms with E-state index < -0.39 is 10.8 Å². The Labute approximate surface area is 124 Å². The number of carbonyl (C=O) groups excluding carboxylic acids is 1. The predicted molar refractivity (Wildman–Crippen MR) is 79.1 cm³/mol. The number of hydrogen-bond donors (Lipinski definition) is 2. The molecule has 0 radical (unpaired) electrons. The number of thiazole rings is 1. The Bertz CT molecular complexity index is 745. The number of nitro groups is 1. The molecule has 7 nitrogen and oxygen atoms in total. The highest BCUT2D eigenvalue weighted by molar-refractivity contribution is 7.16. The average Bonchev–Trinajstić information content (AvgIpc) is 2.92. The van der Waals surface area contributed by atoms with Crippen molar-refractivity contribution >= 4 is 28.1 Å². The quantitative estimate of drug-likeness (QED) is 0.508. The predicted octanol–water partition coefficient (Wildman–Crippen LogP) is 1.61. The lowest BCUT2D eigenvalue weighted by atomic mass is 10.1. The lowest BCUT2D eigenvalue weighted by molar-refractivity contribution is -0.385. The third-order valence-electron chi connectivity index (χ3n) is 2.39. The van der Waals surface area contributed by atoms with Crippen molar-refractivity contribution in [2.45, 2.75) is 0 Å². The first-order valence-electron chi connectivity index (χ1n) is 5.81. The van der Waals surface area contributed by atoms with Crippen LogP contribution in [0.15, 0.2) is 30.5 Å². The molecular weight excluding hydrogens is 292 g/mol. The molecule has 0 saturated carbocycles. The maximum atomic E-state index is 12.1. The van der Waals surface area contributed by atoms with Crippen LogP contribution in [-0.2, 0) is 0 Å². The summed E-state index contributed by atoms with van der Waals surface area (Å²) in [6.07, 6.45) is 1.50. The average molecular weight is 302 g/mol. The number of aromatic nitrogens is 1. The Morgan fingerprint density at radius 2 is 2.24 bits per heavy atom. The van der Waals surface area contributed by atoms with Gasteiger partial charge in [-0.1, -0.05) is 35.3 Å². The zero-order chi connectivity index (χ0) is 15.2. The van der Waals surface area contributed by atoms with Crippen LogP contribution in [0.4, 0.5) is 10.8 Å². The summed E-state index contributed by atoms with van der Waals surface area (Å²) >= 11 is 1.17. The van der Waals surface area contributed by atoms with Crippen molar-refractivity contribution in [3.8, 4) is 11.8 Å². The minimum atomic E-state index is -0.602. The van der Waals surface area contributed by atoms with Gasteiger partial charge in [-0.25, -0.2) is 4.98 Å². The van der Waals surface area contributed by atoms with E-state index in [0.29, 0.717) is 10.0 Å². The monoisotopic (exact) mass is 302 g/mol. The number of anilines is 1. The molecule has 1 aromatic carbocycles. The van der Waals surface area contributed by atoms with Crippen molar-refractivity contribution in [1.29, 1.82) is 0 Å². The third kappa shape index (κ3) is 3.62. The molecule has 0 saturated heterocycles. The summed E-state index contributed by atoms with van der Waals surface area (Å²) in [7, 11) is 0. The van der Waals surface area contributed by atoms with E-state index in [0.717, 1.165) is 0 Å². The van der Waals surface area contributed by atoms with Crippen LogP contribution in [0.1, 0.15) is 15.2 Å². The molecule has 0 aliphatic carbocycles. The van der Waals surface area contributed by atoms with Crippen LogP contribution < -0.4 is 11.1 Å². The van der Waals surface area contributed by atoms with Gasteiger partial charge < -0.3 is 5.73 Å². The maximum absolute atomic E-state index is 12.1. The fourth-order valence-electron chi connectivity index (χ4n) is 1.52. The minimum absolute atomic E-state index is 0.0210. The topological polar surface area (TPSA) is 111 Å². The van der Waals surface area contributed by atoms with Crippen LogP contribution in [0.25, 0.3) is 0 Å². The molecule has 106 valence electrons. The standard InChI is InChI=1S/C13H10N4O3S/c14-7-3-4-9-8-15-13(21-9)16-12(18)10-5-1-2-6-11(10)17(19)20/h1-2,5-6,8H,7,14H2,(H,15,16,18). The lowest BCUT2D eigenvalue weighted by Crippen LogP contribution is -2.13. The van der Waals surface area contributed by atoms with Gasteiger partial charge in [-0.2, -0.15) is 0 Å². The van der Waals surface area contributed by atoms with Gasteiger partial charge in [0.15, 0.2) is 5.13 Å². The molecule has 2 aromatic rings. The third-order valence-corrected chi connectivity index (χ3v) is 3.21. The van der Waals surface area contributed by atoms with E-state index in [2.05, 4.69) is 22.1 Å². The molecule has 0 spiro atoms. The number of hydrogen-bond acceptors (Lipinski definition) is 6. The zero-order valence-electron chi connectivity index (χ0n) is 10.7. The molecular formula is C13H10N4O3S. The van der Waals surface area contributed by atoms with Crippen molar-refractivity contribution < 1.29 is 9.72 Å². The van der Waals surface area contributed by atoms with E-state index in [-0.39, 0.29) is 17.8 Å². The van der Waals surface area contributed by atoms with Crippen LogP contribution >= 0.6 is 11.3 Å². The minimum Gasteiger partial charge on any atom is -0.320 e. The fraction of sp³-hybridized carbons (Fsp3) is 0.0769.